The largest absolute Gasteiger partial charge is 0.276 e. The Hall–Kier alpha value is -2.78. The Bertz CT molecular complexity index is 895. The van der Waals surface area contributed by atoms with Crippen molar-refractivity contribution >= 4 is 42.1 Å². The second kappa shape index (κ2) is 6.02. The maximum absolute atomic E-state index is 13.3. The normalized spacial score (nSPS) is 12.3. The molecule has 1 amide bonds. The number of thiol groups is 1. The van der Waals surface area contributed by atoms with Crippen LogP contribution in [0.3, 0.4) is 0 Å². The average molecular weight is 329 g/mol. The van der Waals surface area contributed by atoms with Crippen LogP contribution >= 0.6 is 12.6 Å². The van der Waals surface area contributed by atoms with E-state index in [1.165, 1.54) is 0 Å². The molecule has 24 heavy (non-hydrogen) atoms. The third kappa shape index (κ3) is 2.53. The number of fused-ring (bicyclic) bond motifs is 2. The van der Waals surface area contributed by atoms with Gasteiger partial charge in [-0.15, -0.1) is 12.6 Å². The van der Waals surface area contributed by atoms with Crippen LogP contribution in [0.2, 0.25) is 0 Å². The molecular weight excluding hydrogens is 314 g/mol. The summed E-state index contributed by atoms with van der Waals surface area (Å²) in [5, 5.41) is 0. The van der Waals surface area contributed by atoms with E-state index in [1.807, 2.05) is 72.8 Å². The topological polar surface area (TPSA) is 20.3 Å². The minimum atomic E-state index is -0.0491. The predicted molar refractivity (Wildman–Crippen MR) is 102 cm³/mol. The van der Waals surface area contributed by atoms with Crippen molar-refractivity contribution in [1.29, 1.82) is 0 Å². The smallest absolute Gasteiger partial charge is 0.262 e. The summed E-state index contributed by atoms with van der Waals surface area (Å²) in [6.45, 7) is 0. The van der Waals surface area contributed by atoms with Gasteiger partial charge >= 0.3 is 0 Å². The lowest BCUT2D eigenvalue weighted by molar-refractivity contribution is 0.0999. The van der Waals surface area contributed by atoms with Crippen LogP contribution in [0.4, 0.5) is 11.4 Å². The van der Waals surface area contributed by atoms with Gasteiger partial charge in [-0.25, -0.2) is 0 Å². The summed E-state index contributed by atoms with van der Waals surface area (Å²) in [5.74, 6) is -0.0491. The van der Waals surface area contributed by atoms with Crippen LogP contribution in [-0.2, 0) is 0 Å². The lowest BCUT2D eigenvalue weighted by atomic mass is 10.1. The highest BCUT2D eigenvalue weighted by molar-refractivity contribution is 7.80. The van der Waals surface area contributed by atoms with Crippen LogP contribution in [0.5, 0.6) is 0 Å². The van der Waals surface area contributed by atoms with E-state index in [4.69, 9.17) is 0 Å². The van der Waals surface area contributed by atoms with Crippen LogP contribution in [0, 0.1) is 0 Å². The molecule has 0 unspecified atom stereocenters. The van der Waals surface area contributed by atoms with Gasteiger partial charge in [0, 0.05) is 10.5 Å². The van der Waals surface area contributed by atoms with Crippen molar-refractivity contribution in [3.05, 3.63) is 89.5 Å². The van der Waals surface area contributed by atoms with Crippen LogP contribution < -0.4 is 4.90 Å². The standard InChI is InChI=1S/C21H15NOS/c23-21(17-11-13-18(24)14-12-17)22-19-7-3-1-5-15(19)9-10-16-6-2-4-8-20(16)22/h1-14,24H. The van der Waals surface area contributed by atoms with Crippen molar-refractivity contribution in [2.24, 2.45) is 0 Å². The summed E-state index contributed by atoms with van der Waals surface area (Å²) < 4.78 is 0. The summed E-state index contributed by atoms with van der Waals surface area (Å²) in [7, 11) is 0. The van der Waals surface area contributed by atoms with Gasteiger partial charge in [0.05, 0.1) is 11.4 Å². The van der Waals surface area contributed by atoms with Gasteiger partial charge in [0.1, 0.15) is 0 Å². The van der Waals surface area contributed by atoms with E-state index in [-0.39, 0.29) is 5.91 Å². The van der Waals surface area contributed by atoms with Crippen molar-refractivity contribution in [2.75, 3.05) is 4.90 Å². The van der Waals surface area contributed by atoms with Gasteiger partial charge in [-0.3, -0.25) is 9.69 Å². The first-order chi connectivity index (χ1) is 11.7. The van der Waals surface area contributed by atoms with E-state index < -0.39 is 0 Å². The van der Waals surface area contributed by atoms with Gasteiger partial charge in [0.25, 0.3) is 5.91 Å². The number of carbonyl (C=O) groups is 1. The summed E-state index contributed by atoms with van der Waals surface area (Å²) in [6.07, 6.45) is 4.11. The molecule has 0 fully saturated rings. The van der Waals surface area contributed by atoms with Gasteiger partial charge in [-0.05, 0) is 47.5 Å². The Labute approximate surface area is 146 Å². The second-order valence-electron chi connectivity index (χ2n) is 5.64. The zero-order chi connectivity index (χ0) is 16.5. The van der Waals surface area contributed by atoms with E-state index in [0.717, 1.165) is 27.4 Å². The molecule has 0 aromatic heterocycles. The van der Waals surface area contributed by atoms with Crippen molar-refractivity contribution in [2.45, 2.75) is 4.90 Å². The highest BCUT2D eigenvalue weighted by atomic mass is 32.1. The van der Waals surface area contributed by atoms with Gasteiger partial charge in [0.2, 0.25) is 0 Å². The summed E-state index contributed by atoms with van der Waals surface area (Å²) >= 11 is 4.30. The quantitative estimate of drug-likeness (QED) is 0.590. The molecule has 0 spiro atoms. The fraction of sp³-hybridized carbons (Fsp3) is 0. The number of hydrogen-bond acceptors (Lipinski definition) is 2. The number of hydrogen-bond donors (Lipinski definition) is 1. The summed E-state index contributed by atoms with van der Waals surface area (Å²) in [5.41, 5.74) is 4.46. The van der Waals surface area contributed by atoms with Gasteiger partial charge in [0.15, 0.2) is 0 Å². The van der Waals surface area contributed by atoms with E-state index in [1.54, 1.807) is 4.90 Å². The van der Waals surface area contributed by atoms with E-state index in [0.29, 0.717) is 5.56 Å². The fourth-order valence-corrected chi connectivity index (χ4v) is 3.07. The molecule has 0 atom stereocenters. The zero-order valence-corrected chi connectivity index (χ0v) is 13.8. The molecule has 3 aromatic rings. The molecule has 1 aliphatic rings. The summed E-state index contributed by atoms with van der Waals surface area (Å²) in [6, 6.07) is 23.2. The minimum absolute atomic E-state index is 0.0491. The average Bonchev–Trinajstić information content (AvgIpc) is 2.79. The van der Waals surface area contributed by atoms with Crippen molar-refractivity contribution in [1.82, 2.24) is 0 Å². The first-order valence-electron chi connectivity index (χ1n) is 7.74. The number of benzene rings is 3. The maximum atomic E-state index is 13.3. The van der Waals surface area contributed by atoms with Crippen molar-refractivity contribution < 1.29 is 4.79 Å². The summed E-state index contributed by atoms with van der Waals surface area (Å²) in [4.78, 5) is 15.9. The van der Waals surface area contributed by atoms with Crippen LogP contribution in [0.15, 0.2) is 77.7 Å². The SMILES string of the molecule is O=C(c1ccc(S)cc1)N1c2ccccc2C=Cc2ccccc21. The Morgan fingerprint density at radius 2 is 1.21 bits per heavy atom. The van der Waals surface area contributed by atoms with Crippen LogP contribution in [0.1, 0.15) is 21.5 Å². The third-order valence-corrected chi connectivity index (χ3v) is 4.41. The molecule has 0 radical (unpaired) electrons. The van der Waals surface area contributed by atoms with Gasteiger partial charge in [-0.2, -0.15) is 0 Å². The lowest BCUT2D eigenvalue weighted by Gasteiger charge is -2.25. The predicted octanol–water partition coefficient (Wildman–Crippen LogP) is 5.44. The van der Waals surface area contributed by atoms with Crippen molar-refractivity contribution in [3.8, 4) is 0 Å². The van der Waals surface area contributed by atoms with Gasteiger partial charge < -0.3 is 0 Å². The molecule has 1 aliphatic heterocycles. The van der Waals surface area contributed by atoms with E-state index in [2.05, 4.69) is 24.8 Å². The number of amides is 1. The zero-order valence-electron chi connectivity index (χ0n) is 12.9. The molecule has 116 valence electrons. The molecule has 1 heterocycles. The number of nitrogens with zero attached hydrogens (tertiary/aromatic N) is 1. The van der Waals surface area contributed by atoms with E-state index >= 15 is 0 Å². The Morgan fingerprint density at radius 1 is 0.708 bits per heavy atom. The molecule has 0 saturated carbocycles. The van der Waals surface area contributed by atoms with E-state index in [9.17, 15) is 4.79 Å². The molecule has 0 N–H and O–H groups in total. The first-order valence-corrected chi connectivity index (χ1v) is 8.18. The number of anilines is 2. The molecule has 2 nitrogen and oxygen atoms in total. The highest BCUT2D eigenvalue weighted by Gasteiger charge is 2.24. The fourth-order valence-electron chi connectivity index (χ4n) is 2.93. The molecule has 3 aromatic carbocycles. The molecule has 0 saturated heterocycles. The minimum Gasteiger partial charge on any atom is -0.276 e. The van der Waals surface area contributed by atoms with Crippen molar-refractivity contribution in [3.63, 3.8) is 0 Å². The number of carbonyl (C=O) groups excluding carboxylic acids is 1. The number of rotatable bonds is 1. The maximum Gasteiger partial charge on any atom is 0.262 e. The Kier molecular flexibility index (Phi) is 3.71. The molecule has 0 bridgehead atoms. The molecular formula is C21H15NOS. The Morgan fingerprint density at radius 3 is 1.75 bits per heavy atom. The number of para-hydroxylation sites is 2. The molecule has 0 aliphatic carbocycles. The monoisotopic (exact) mass is 329 g/mol. The first kappa shape index (κ1) is 14.8. The second-order valence-corrected chi connectivity index (χ2v) is 6.15. The van der Waals surface area contributed by atoms with Crippen LogP contribution in [0.25, 0.3) is 12.2 Å². The molecule has 3 heteroatoms. The third-order valence-electron chi connectivity index (χ3n) is 4.12. The highest BCUT2D eigenvalue weighted by Crippen LogP contribution is 2.37. The molecule has 4 rings (SSSR count). The Balaban J connectivity index is 1.91. The lowest BCUT2D eigenvalue weighted by Crippen LogP contribution is -2.26. The van der Waals surface area contributed by atoms with Gasteiger partial charge in [-0.1, -0.05) is 48.6 Å². The van der Waals surface area contributed by atoms with Crippen LogP contribution in [-0.4, -0.2) is 5.91 Å².